The van der Waals surface area contributed by atoms with Crippen molar-refractivity contribution < 1.29 is 0 Å². The minimum absolute atomic E-state index is 0.119. The molecule has 3 aromatic carbocycles. The number of para-hydroxylation sites is 1. The van der Waals surface area contributed by atoms with Crippen LogP contribution in [-0.4, -0.2) is 30.0 Å². The molecule has 0 aliphatic carbocycles. The van der Waals surface area contributed by atoms with Gasteiger partial charge in [-0.05, 0) is 0 Å². The van der Waals surface area contributed by atoms with Crippen LogP contribution in [0.15, 0.2) is 85.5 Å². The van der Waals surface area contributed by atoms with E-state index in [1.54, 1.807) is 0 Å². The summed E-state index contributed by atoms with van der Waals surface area (Å²) in [5, 5.41) is 9.25. The van der Waals surface area contributed by atoms with E-state index in [4.69, 9.17) is 5.21 Å². The zero-order chi connectivity index (χ0) is 21.0. The fourth-order valence-corrected chi connectivity index (χ4v) is 6.74. The second kappa shape index (κ2) is 8.99. The predicted octanol–water partition coefficient (Wildman–Crippen LogP) is 5.14. The average Bonchev–Trinajstić information content (AvgIpc) is 3.20. The Hall–Kier alpha value is -2.68. The second-order valence-electron chi connectivity index (χ2n) is 7.67. The van der Waals surface area contributed by atoms with Crippen molar-refractivity contribution in [3.05, 3.63) is 102 Å². The molecule has 0 fully saturated rings. The number of rotatable bonds is 8. The first-order valence-electron chi connectivity index (χ1n) is 10.4. The van der Waals surface area contributed by atoms with E-state index < -0.39 is 0 Å². The summed E-state index contributed by atoms with van der Waals surface area (Å²) in [5.74, 6) is 0. The molecule has 0 bridgehead atoms. The number of nitrogens with zero attached hydrogens (tertiary/aromatic N) is 3. The van der Waals surface area contributed by atoms with Crippen LogP contribution in [0.1, 0.15) is 36.0 Å². The van der Waals surface area contributed by atoms with E-state index in [1.165, 1.54) is 21.2 Å². The van der Waals surface area contributed by atoms with Crippen LogP contribution in [0, 0.1) is 13.8 Å². The Balaban J connectivity index is 1.96. The molecular formula is C26H27N3Se. The third-order valence-electron chi connectivity index (χ3n) is 5.61. The standard InChI is InChI=1S/C26H27N3Se/c1-4-5-11-18-26(30-23-12-7-6-8-13-23,22-17-16-20(2)21(3)19-22)29-25-15-10-9-14-24(25)27-28-29/h4,6-10,12-17,19H,1,5,11,18H2,2-3H3. The molecule has 0 radical (unpaired) electrons. The molecule has 4 aromatic rings. The van der Waals surface area contributed by atoms with Gasteiger partial charge in [-0.1, -0.05) is 0 Å². The first kappa shape index (κ1) is 20.6. The van der Waals surface area contributed by atoms with Crippen LogP contribution >= 0.6 is 0 Å². The maximum absolute atomic E-state index is 4.73. The quantitative estimate of drug-likeness (QED) is 0.207. The van der Waals surface area contributed by atoms with E-state index in [9.17, 15) is 0 Å². The molecule has 1 aromatic heterocycles. The first-order chi connectivity index (χ1) is 14.6. The normalized spacial score (nSPS) is 13.3. The Morgan fingerprint density at radius 2 is 1.73 bits per heavy atom. The molecule has 0 aliphatic heterocycles. The van der Waals surface area contributed by atoms with Gasteiger partial charge in [0.2, 0.25) is 0 Å². The van der Waals surface area contributed by atoms with Crippen molar-refractivity contribution in [3.63, 3.8) is 0 Å². The summed E-state index contributed by atoms with van der Waals surface area (Å²) < 4.78 is 3.30. The van der Waals surface area contributed by atoms with E-state index in [0.29, 0.717) is 0 Å². The summed E-state index contributed by atoms with van der Waals surface area (Å²) >= 11 is 0.119. The number of allylic oxidation sites excluding steroid dienone is 1. The van der Waals surface area contributed by atoms with E-state index >= 15 is 0 Å². The van der Waals surface area contributed by atoms with Gasteiger partial charge in [0.25, 0.3) is 0 Å². The van der Waals surface area contributed by atoms with Gasteiger partial charge in [0.05, 0.1) is 0 Å². The predicted molar refractivity (Wildman–Crippen MR) is 126 cm³/mol. The van der Waals surface area contributed by atoms with Crippen molar-refractivity contribution in [2.75, 3.05) is 0 Å². The molecule has 0 amide bonds. The molecule has 0 aliphatic rings. The number of benzene rings is 3. The fraction of sp³-hybridized carbons (Fsp3) is 0.231. The second-order valence-corrected chi connectivity index (χ2v) is 10.5. The molecule has 0 saturated heterocycles. The zero-order valence-corrected chi connectivity index (χ0v) is 19.3. The summed E-state index contributed by atoms with van der Waals surface area (Å²) in [6.45, 7) is 8.31. The minimum atomic E-state index is -0.258. The Bertz CT molecular complexity index is 1150. The van der Waals surface area contributed by atoms with Gasteiger partial charge < -0.3 is 0 Å². The van der Waals surface area contributed by atoms with Crippen LogP contribution in [0.5, 0.6) is 0 Å². The first-order valence-corrected chi connectivity index (χ1v) is 12.1. The average molecular weight is 460 g/mol. The molecule has 0 spiro atoms. The molecule has 0 saturated carbocycles. The van der Waals surface area contributed by atoms with Crippen molar-refractivity contribution >= 4 is 30.5 Å². The number of aryl methyl sites for hydroxylation is 2. The molecule has 152 valence electrons. The molecule has 1 atom stereocenters. The fourth-order valence-electron chi connectivity index (χ4n) is 3.82. The summed E-state index contributed by atoms with van der Waals surface area (Å²) in [7, 11) is 0. The van der Waals surface area contributed by atoms with Crippen LogP contribution in [0.4, 0.5) is 0 Å². The van der Waals surface area contributed by atoms with Gasteiger partial charge >= 0.3 is 185 Å². The zero-order valence-electron chi connectivity index (χ0n) is 17.6. The van der Waals surface area contributed by atoms with Crippen molar-refractivity contribution in [2.45, 2.75) is 37.5 Å². The Morgan fingerprint density at radius 1 is 0.967 bits per heavy atom. The van der Waals surface area contributed by atoms with E-state index in [0.717, 1.165) is 30.3 Å². The number of aromatic nitrogens is 3. The SMILES string of the molecule is C=CCCCC([Se]c1ccccc1)(c1ccc(C)c(C)c1)n1nnc2ccccc21. The number of unbranched alkanes of at least 4 members (excludes halogenated alkanes) is 1. The van der Waals surface area contributed by atoms with E-state index in [2.05, 4.69) is 90.9 Å². The molecular weight excluding hydrogens is 433 g/mol. The molecule has 0 N–H and O–H groups in total. The van der Waals surface area contributed by atoms with Crippen LogP contribution in [0.25, 0.3) is 11.0 Å². The van der Waals surface area contributed by atoms with Crippen LogP contribution in [0.2, 0.25) is 0 Å². The third-order valence-corrected chi connectivity index (χ3v) is 8.67. The summed E-state index contributed by atoms with van der Waals surface area (Å²) in [4.78, 5) is 0. The van der Waals surface area contributed by atoms with Crippen molar-refractivity contribution in [2.24, 2.45) is 0 Å². The summed E-state index contributed by atoms with van der Waals surface area (Å²) in [5.41, 5.74) is 5.97. The van der Waals surface area contributed by atoms with Gasteiger partial charge in [-0.3, -0.25) is 0 Å². The van der Waals surface area contributed by atoms with Gasteiger partial charge in [0, 0.05) is 0 Å². The van der Waals surface area contributed by atoms with Crippen molar-refractivity contribution in [1.82, 2.24) is 15.0 Å². The topological polar surface area (TPSA) is 30.7 Å². The number of hydrogen-bond acceptors (Lipinski definition) is 2. The van der Waals surface area contributed by atoms with Gasteiger partial charge in [0.15, 0.2) is 0 Å². The Kier molecular flexibility index (Phi) is 6.17. The molecule has 4 heteroatoms. The van der Waals surface area contributed by atoms with Crippen LogP contribution in [-0.2, 0) is 4.44 Å². The number of hydrogen-bond donors (Lipinski definition) is 0. The van der Waals surface area contributed by atoms with Gasteiger partial charge in [0.1, 0.15) is 0 Å². The van der Waals surface area contributed by atoms with Gasteiger partial charge in [-0.25, -0.2) is 0 Å². The number of fused-ring (bicyclic) bond motifs is 1. The molecule has 30 heavy (non-hydrogen) atoms. The Labute approximate surface area is 185 Å². The molecule has 1 unspecified atom stereocenters. The Morgan fingerprint density at radius 3 is 2.50 bits per heavy atom. The summed E-state index contributed by atoms with van der Waals surface area (Å²) in [6.07, 6.45) is 5.05. The van der Waals surface area contributed by atoms with Crippen molar-refractivity contribution in [1.29, 1.82) is 0 Å². The van der Waals surface area contributed by atoms with Crippen LogP contribution in [0.3, 0.4) is 0 Å². The molecule has 4 rings (SSSR count). The van der Waals surface area contributed by atoms with Crippen LogP contribution < -0.4 is 4.46 Å². The van der Waals surface area contributed by atoms with E-state index in [-0.39, 0.29) is 19.4 Å². The molecule has 1 heterocycles. The van der Waals surface area contributed by atoms with Gasteiger partial charge in [-0.2, -0.15) is 0 Å². The molecule has 3 nitrogen and oxygen atoms in total. The van der Waals surface area contributed by atoms with E-state index in [1.807, 2.05) is 18.2 Å². The summed E-state index contributed by atoms with van der Waals surface area (Å²) in [6, 6.07) is 26.0. The van der Waals surface area contributed by atoms with Gasteiger partial charge in [-0.15, -0.1) is 0 Å². The third kappa shape index (κ3) is 3.98. The monoisotopic (exact) mass is 461 g/mol. The van der Waals surface area contributed by atoms with Crippen molar-refractivity contribution in [3.8, 4) is 0 Å². The maximum atomic E-state index is 4.73.